The lowest BCUT2D eigenvalue weighted by molar-refractivity contribution is -0.394. The Hall–Kier alpha value is -4.19. The molecule has 8 heterocycles. The van der Waals surface area contributed by atoms with Gasteiger partial charge in [-0.3, -0.25) is 14.4 Å². The van der Waals surface area contributed by atoms with Crippen LogP contribution in [0.15, 0.2) is 11.6 Å². The van der Waals surface area contributed by atoms with Crippen molar-refractivity contribution >= 4 is 30.2 Å². The number of hydrogen-bond donors (Lipinski definition) is 23. The fourth-order valence-electron chi connectivity index (χ4n) is 24.4. The van der Waals surface area contributed by atoms with Crippen molar-refractivity contribution in [1.82, 2.24) is 0 Å². The molecular weight excluding hydrogens is 1850 g/mol. The number of allylic oxidation sites excluding steroid dienone is 2. The maximum absolute atomic E-state index is 16.4. The summed E-state index contributed by atoms with van der Waals surface area (Å²) in [5.41, 5.74) is -7.72. The van der Waals surface area contributed by atoms with Crippen LogP contribution in [0.4, 0.5) is 0 Å². The van der Waals surface area contributed by atoms with Gasteiger partial charge in [-0.2, -0.15) is 0 Å². The number of hydrogen-bond acceptors (Lipinski definition) is 45. The fraction of sp³-hybridized carbons (Fsp3) is 0.925. The Balaban J connectivity index is 0.750. The molecule has 0 bridgehead atoms. The summed E-state index contributed by atoms with van der Waals surface area (Å²) >= 11 is 0. The third kappa shape index (κ3) is 21.6. The van der Waals surface area contributed by atoms with E-state index in [1.165, 1.54) is 20.8 Å². The van der Waals surface area contributed by atoms with Gasteiger partial charge in [0.05, 0.1) is 100 Å². The van der Waals surface area contributed by atoms with Gasteiger partial charge in [0.2, 0.25) is 6.29 Å². The molecule has 52 atom stereocenters. The SMILES string of the molecule is CCC(C)C(CC(O)CC(=O)OC1C(C)OC(OC(=O)C23CCC(C)(C)CC2C2=CCC4C5(C)CCC(OC6OC(C(=O)O)C(O)C(OC7OC(C)C(O)C(O)C7O)C6OC6OC(CO)C(O)C(O)C6O)C(C)(C=O)C5CCC4(C)C2(C)CC3O)C(OC2OC(C)C(OC3OCC(O)C(OC4OCC(O)(CO)C4O)C3O)C(O)C2O)C1O)OC(=O)CC(O)CC(OC1OC(CO)C(O)C1O)C(C)CC. The number of fused-ring (bicyclic) bond motifs is 7. The third-order valence-corrected chi connectivity index (χ3v) is 33.6. The Morgan fingerprint density at radius 2 is 1.05 bits per heavy atom. The number of carbonyl (C=O) groups excluding carboxylic acids is 4. The molecule has 4 saturated carbocycles. The summed E-state index contributed by atoms with van der Waals surface area (Å²) in [4.78, 5) is 72.2. The Labute approximate surface area is 804 Å². The molecule has 23 N–H and O–H groups in total. The molecule has 8 saturated heterocycles. The average molecular weight is 2000 g/mol. The lowest BCUT2D eigenvalue weighted by Gasteiger charge is -2.71. The van der Waals surface area contributed by atoms with E-state index in [0.29, 0.717) is 51.4 Å². The van der Waals surface area contributed by atoms with Crippen molar-refractivity contribution in [2.45, 2.75) is 444 Å². The summed E-state index contributed by atoms with van der Waals surface area (Å²) in [7, 11) is 0. The molecule has 46 heteroatoms. The molecule has 46 nitrogen and oxygen atoms in total. The van der Waals surface area contributed by atoms with Crippen LogP contribution in [0.1, 0.15) is 186 Å². The Kier molecular flexibility index (Phi) is 35.7. The molecule has 12 fully saturated rings. The van der Waals surface area contributed by atoms with Crippen molar-refractivity contribution in [2.24, 2.45) is 62.1 Å². The zero-order valence-corrected chi connectivity index (χ0v) is 80.5. The lowest BCUT2D eigenvalue weighted by Crippen LogP contribution is -2.69. The number of rotatable bonds is 35. The molecule has 13 aliphatic rings. The molecule has 798 valence electrons. The van der Waals surface area contributed by atoms with Crippen LogP contribution in [-0.4, -0.2) is 438 Å². The van der Waals surface area contributed by atoms with Crippen LogP contribution in [0.5, 0.6) is 0 Å². The average Bonchev–Trinajstić information content (AvgIpc) is 1.27. The van der Waals surface area contributed by atoms with E-state index < -0.39 is 377 Å². The first-order chi connectivity index (χ1) is 65.2. The molecule has 0 spiro atoms. The van der Waals surface area contributed by atoms with Gasteiger partial charge in [0.25, 0.3) is 0 Å². The number of aliphatic carboxylic acids is 1. The minimum absolute atomic E-state index is 0.0119. The van der Waals surface area contributed by atoms with E-state index in [1.54, 1.807) is 27.7 Å². The standard InChI is InChI=1S/C93H150O46/c1-14-36(3)46(127-54(102)26-42(99)25-47(37(4)15-2)128-81-62(110)58(106)49(31-95)129-81)24-41(98)27-55(103)132-70-40(7)126-83(74(66(70)114)137-80-65(113)61(109)69(39(6)125-80)133-78-68(116)71(45(100)32-122-78)134-85-76(117)92(121,34-97)35-123-85)139-86(120)93-23-22-87(8,9)28-44(93)43-16-17-51-88(10)20-19-53(89(11,33-96)50(88)18-21-90(51,12)91(43,13)29-52(93)101)131-84-75(138-82-64(112)60(108)57(105)48(30-94)130-82)72(67(115)73(136-84)77(118)119)135-79-63(111)59(107)56(104)38(5)124-79/h16,33,36-42,44-53,56-76,78-85,94-95,97-101,104-117,121H,14-15,17-32,34-35H2,1-13H3,(H,118,119). The van der Waals surface area contributed by atoms with Crippen LogP contribution in [0.25, 0.3) is 0 Å². The fourth-order valence-corrected chi connectivity index (χ4v) is 24.4. The van der Waals surface area contributed by atoms with Gasteiger partial charge in [-0.05, 0) is 130 Å². The third-order valence-electron chi connectivity index (χ3n) is 33.6. The number of carboxylic acids is 1. The van der Waals surface area contributed by atoms with Crippen LogP contribution in [0.3, 0.4) is 0 Å². The molecule has 0 aromatic carbocycles. The number of carboxylic acid groups (broad SMARTS) is 1. The summed E-state index contributed by atoms with van der Waals surface area (Å²) in [6, 6.07) is 0. The van der Waals surface area contributed by atoms with Gasteiger partial charge in [0, 0.05) is 12.8 Å². The van der Waals surface area contributed by atoms with Crippen molar-refractivity contribution in [2.75, 3.05) is 33.0 Å². The number of aliphatic hydroxyl groups excluding tert-OH is 21. The van der Waals surface area contributed by atoms with Crippen LogP contribution < -0.4 is 0 Å². The predicted octanol–water partition coefficient (Wildman–Crippen LogP) is -5.30. The highest BCUT2D eigenvalue weighted by atomic mass is 16.8. The summed E-state index contributed by atoms with van der Waals surface area (Å²) in [6.07, 6.45) is -67.9. The van der Waals surface area contributed by atoms with Gasteiger partial charge in [-0.25, -0.2) is 4.79 Å². The molecule has 52 unspecified atom stereocenters. The second-order valence-corrected chi connectivity index (χ2v) is 43.0. The predicted molar refractivity (Wildman–Crippen MR) is 463 cm³/mol. The molecule has 0 amide bonds. The van der Waals surface area contributed by atoms with E-state index in [4.69, 9.17) is 85.3 Å². The molecule has 5 aliphatic carbocycles. The van der Waals surface area contributed by atoms with Crippen molar-refractivity contribution < 1.29 is 227 Å². The first-order valence-electron chi connectivity index (χ1n) is 48.7. The Morgan fingerprint density at radius 3 is 1.67 bits per heavy atom. The highest BCUT2D eigenvalue weighted by molar-refractivity contribution is 5.80. The van der Waals surface area contributed by atoms with Crippen molar-refractivity contribution in [3.8, 4) is 0 Å². The zero-order chi connectivity index (χ0) is 102. The van der Waals surface area contributed by atoms with E-state index in [-0.39, 0.29) is 43.9 Å². The minimum Gasteiger partial charge on any atom is -0.479 e. The van der Waals surface area contributed by atoms with Gasteiger partial charge in [0.1, 0.15) is 152 Å². The van der Waals surface area contributed by atoms with Crippen LogP contribution in [0.2, 0.25) is 0 Å². The number of aldehydes is 1. The topological polar surface area (TPSA) is 717 Å². The van der Waals surface area contributed by atoms with Crippen LogP contribution in [0, 0.1) is 62.1 Å². The van der Waals surface area contributed by atoms with E-state index in [0.717, 1.165) is 11.9 Å². The Morgan fingerprint density at radius 1 is 0.504 bits per heavy atom. The van der Waals surface area contributed by atoms with Gasteiger partial charge < -0.3 is 208 Å². The molecule has 8 aliphatic heterocycles. The minimum atomic E-state index is -2.27. The Bertz CT molecular complexity index is 4140. The van der Waals surface area contributed by atoms with E-state index in [1.807, 2.05) is 20.8 Å². The first-order valence-corrected chi connectivity index (χ1v) is 48.7. The second-order valence-electron chi connectivity index (χ2n) is 43.0. The van der Waals surface area contributed by atoms with Gasteiger partial charge in [-0.15, -0.1) is 0 Å². The largest absolute Gasteiger partial charge is 0.479 e. The van der Waals surface area contributed by atoms with E-state index in [9.17, 15) is 137 Å². The molecule has 139 heavy (non-hydrogen) atoms. The smallest absolute Gasteiger partial charge is 0.335 e. The molecule has 0 aromatic heterocycles. The monoisotopic (exact) mass is 2000 g/mol. The number of ether oxygens (including phenoxy) is 18. The first kappa shape index (κ1) is 112. The lowest BCUT2D eigenvalue weighted by atomic mass is 9.33. The van der Waals surface area contributed by atoms with Gasteiger partial charge in [-0.1, -0.05) is 93.7 Å². The molecular formula is C93H150O46. The highest BCUT2D eigenvalue weighted by Gasteiger charge is 2.74. The summed E-state index contributed by atoms with van der Waals surface area (Å²) in [5, 5.41) is 257. The summed E-state index contributed by atoms with van der Waals surface area (Å²) in [5.74, 6) is -7.26. The number of carbonyl (C=O) groups is 5. The highest BCUT2D eigenvalue weighted by Crippen LogP contribution is 2.76. The van der Waals surface area contributed by atoms with E-state index >= 15 is 4.79 Å². The number of aliphatic hydroxyl groups is 22. The molecule has 0 radical (unpaired) electrons. The number of esters is 3. The van der Waals surface area contributed by atoms with Crippen molar-refractivity contribution in [1.29, 1.82) is 0 Å². The maximum atomic E-state index is 16.4. The zero-order valence-electron chi connectivity index (χ0n) is 80.5. The summed E-state index contributed by atoms with van der Waals surface area (Å²) < 4.78 is 109. The quantitative estimate of drug-likeness (QED) is 0.00926. The normalized spacial score (nSPS) is 49.0. The summed E-state index contributed by atoms with van der Waals surface area (Å²) in [6.45, 7) is 19.5. The van der Waals surface area contributed by atoms with Crippen molar-refractivity contribution in [3.05, 3.63) is 11.6 Å². The van der Waals surface area contributed by atoms with Crippen molar-refractivity contribution in [3.63, 3.8) is 0 Å². The van der Waals surface area contributed by atoms with E-state index in [2.05, 4.69) is 26.8 Å². The van der Waals surface area contributed by atoms with Gasteiger partial charge >= 0.3 is 23.9 Å². The van der Waals surface area contributed by atoms with Crippen LogP contribution >= 0.6 is 0 Å². The van der Waals surface area contributed by atoms with Crippen LogP contribution in [-0.2, 0) is 109 Å². The van der Waals surface area contributed by atoms with Gasteiger partial charge in [0.15, 0.2) is 62.3 Å². The second kappa shape index (κ2) is 44.3. The molecule has 13 rings (SSSR count). The molecule has 0 aromatic rings. The maximum Gasteiger partial charge on any atom is 0.335 e.